The number of hydrogen-bond acceptors (Lipinski definition) is 6. The Labute approximate surface area is 460 Å². The Morgan fingerprint density at radius 3 is 0.893 bits per heavy atom. The van der Waals surface area contributed by atoms with Crippen LogP contribution in [0.2, 0.25) is 0 Å². The van der Waals surface area contributed by atoms with E-state index < -0.39 is 12.1 Å². The van der Waals surface area contributed by atoms with Crippen molar-refractivity contribution in [1.29, 1.82) is 0 Å². The second kappa shape index (κ2) is 61.3. The largest absolute Gasteiger partial charge is 0.462 e. The highest BCUT2D eigenvalue weighted by molar-refractivity contribution is 5.71. The van der Waals surface area contributed by atoms with Crippen LogP contribution < -0.4 is 0 Å². The second-order valence-electron chi connectivity index (χ2n) is 18.8. The molecule has 418 valence electrons. The van der Waals surface area contributed by atoms with Crippen LogP contribution in [0.3, 0.4) is 0 Å². The molecule has 1 unspecified atom stereocenters. The zero-order valence-corrected chi connectivity index (χ0v) is 47.7. The Hall–Kier alpha value is -5.23. The molecule has 0 rings (SSSR count). The molecule has 0 N–H and O–H groups in total. The minimum atomic E-state index is -0.842. The quantitative estimate of drug-likeness (QED) is 0.0261. The highest BCUT2D eigenvalue weighted by Gasteiger charge is 2.19. The SMILES string of the molecule is CC/C=C\C/C=C\C/C=C\C/C=C\C/C=C\C/C=C\C/C=C\C/C=C\C/C=C\CCCCCC(=O)OCC(COC(=O)CCCCCCC/C=C\CCCCCC)OC(=O)CC/C=C\C/C=C\C/C=C\C/C=C\CC. The maximum Gasteiger partial charge on any atom is 0.306 e. The first-order chi connectivity index (χ1) is 37.0. The maximum absolute atomic E-state index is 12.8. The van der Waals surface area contributed by atoms with Crippen LogP contribution in [0.25, 0.3) is 0 Å². The first-order valence-electron chi connectivity index (χ1n) is 29.6. The number of rotatable bonds is 51. The Morgan fingerprint density at radius 1 is 0.280 bits per heavy atom. The lowest BCUT2D eigenvalue weighted by Gasteiger charge is -2.18. The van der Waals surface area contributed by atoms with Crippen molar-refractivity contribution in [3.05, 3.63) is 170 Å². The molecule has 0 aliphatic rings. The van der Waals surface area contributed by atoms with E-state index in [1.54, 1.807) is 0 Å². The summed E-state index contributed by atoms with van der Waals surface area (Å²) in [7, 11) is 0. The fourth-order valence-electron chi connectivity index (χ4n) is 7.32. The Morgan fingerprint density at radius 2 is 0.547 bits per heavy atom. The third-order valence-corrected chi connectivity index (χ3v) is 11.7. The van der Waals surface area contributed by atoms with E-state index in [-0.39, 0.29) is 31.6 Å². The minimum absolute atomic E-state index is 0.129. The molecule has 0 aromatic carbocycles. The van der Waals surface area contributed by atoms with Crippen molar-refractivity contribution < 1.29 is 28.6 Å². The predicted molar refractivity (Wildman–Crippen MR) is 325 cm³/mol. The van der Waals surface area contributed by atoms with Gasteiger partial charge in [0.1, 0.15) is 13.2 Å². The van der Waals surface area contributed by atoms with Gasteiger partial charge in [-0.05, 0) is 141 Å². The van der Waals surface area contributed by atoms with Crippen molar-refractivity contribution in [1.82, 2.24) is 0 Å². The summed E-state index contributed by atoms with van der Waals surface area (Å²) in [6.07, 6.45) is 90.8. The van der Waals surface area contributed by atoms with Crippen LogP contribution in [0.5, 0.6) is 0 Å². The highest BCUT2D eigenvalue weighted by atomic mass is 16.6. The van der Waals surface area contributed by atoms with Crippen LogP contribution in [-0.2, 0) is 28.6 Å². The minimum Gasteiger partial charge on any atom is -0.462 e. The summed E-state index contributed by atoms with van der Waals surface area (Å²) in [5.41, 5.74) is 0. The molecule has 0 amide bonds. The zero-order valence-electron chi connectivity index (χ0n) is 47.7. The predicted octanol–water partition coefficient (Wildman–Crippen LogP) is 20.3. The first kappa shape index (κ1) is 69.8. The number of unbranched alkanes of at least 4 members (excludes halogenated alkanes) is 12. The lowest BCUT2D eigenvalue weighted by Crippen LogP contribution is -2.30. The van der Waals surface area contributed by atoms with Crippen molar-refractivity contribution in [2.75, 3.05) is 13.2 Å². The van der Waals surface area contributed by atoms with Crippen LogP contribution in [0.15, 0.2) is 170 Å². The average molecular weight is 1030 g/mol. The van der Waals surface area contributed by atoms with E-state index in [0.29, 0.717) is 19.3 Å². The summed E-state index contributed by atoms with van der Waals surface area (Å²) in [4.78, 5) is 38.1. The third-order valence-electron chi connectivity index (χ3n) is 11.7. The summed E-state index contributed by atoms with van der Waals surface area (Å²) < 4.78 is 16.7. The number of allylic oxidation sites excluding steroid dienone is 28. The third kappa shape index (κ3) is 59.5. The molecule has 0 aliphatic heterocycles. The molecular weight excluding hydrogens is 925 g/mol. The molecule has 75 heavy (non-hydrogen) atoms. The van der Waals surface area contributed by atoms with Gasteiger partial charge in [0.25, 0.3) is 0 Å². The number of ether oxygens (including phenoxy) is 3. The van der Waals surface area contributed by atoms with E-state index in [4.69, 9.17) is 14.2 Å². The van der Waals surface area contributed by atoms with Gasteiger partial charge in [0.2, 0.25) is 0 Å². The van der Waals surface area contributed by atoms with Gasteiger partial charge in [-0.25, -0.2) is 0 Å². The van der Waals surface area contributed by atoms with Crippen LogP contribution in [-0.4, -0.2) is 37.2 Å². The van der Waals surface area contributed by atoms with E-state index in [0.717, 1.165) is 141 Å². The zero-order chi connectivity index (χ0) is 54.3. The molecule has 0 spiro atoms. The molecule has 0 bridgehead atoms. The van der Waals surface area contributed by atoms with Crippen LogP contribution in [0, 0.1) is 0 Å². The van der Waals surface area contributed by atoms with Gasteiger partial charge in [-0.1, -0.05) is 236 Å². The summed E-state index contributed by atoms with van der Waals surface area (Å²) in [6.45, 7) is 6.27. The smallest absolute Gasteiger partial charge is 0.306 e. The fraction of sp³-hybridized carbons (Fsp3) is 0.551. The van der Waals surface area contributed by atoms with Crippen molar-refractivity contribution >= 4 is 17.9 Å². The average Bonchev–Trinajstić information content (AvgIpc) is 3.41. The lowest BCUT2D eigenvalue weighted by molar-refractivity contribution is -0.166. The summed E-state index contributed by atoms with van der Waals surface area (Å²) >= 11 is 0. The van der Waals surface area contributed by atoms with Gasteiger partial charge in [0.05, 0.1) is 0 Å². The van der Waals surface area contributed by atoms with Gasteiger partial charge in [-0.15, -0.1) is 0 Å². The molecule has 0 aliphatic carbocycles. The van der Waals surface area contributed by atoms with Crippen molar-refractivity contribution in [3.63, 3.8) is 0 Å². The van der Waals surface area contributed by atoms with Gasteiger partial charge in [-0.2, -0.15) is 0 Å². The standard InChI is InChI=1S/C69H106O6/c1-4-7-10-13-16-19-22-25-26-27-28-29-30-31-32-33-34-35-36-37-38-39-40-41-42-45-47-50-53-56-59-62-68(71)74-65-66(75-69(72)63-60-57-54-51-48-44-24-21-18-15-12-9-6-3)64-73-67(70)61-58-55-52-49-46-43-23-20-17-14-11-8-5-2/h7,9-10,12,16,18-21,23,25-26,28-29,31-32,34-35,37-38,40-41,44-45,47-48,54,57,66H,4-6,8,11,13-15,17,22,24,27,30,33,36,39,42-43,46,49-53,55-56,58-65H2,1-3H3/b10-7-,12-9-,19-16-,21-18-,23-20-,26-25-,29-28-,32-31-,35-34-,38-37-,41-40-,47-45-,48-44-,57-54-. The van der Waals surface area contributed by atoms with Crippen LogP contribution in [0.1, 0.15) is 226 Å². The Kier molecular flexibility index (Phi) is 57.0. The van der Waals surface area contributed by atoms with Gasteiger partial charge in [0.15, 0.2) is 6.10 Å². The van der Waals surface area contributed by atoms with Crippen LogP contribution in [0.4, 0.5) is 0 Å². The number of carbonyl (C=O) groups is 3. The van der Waals surface area contributed by atoms with Crippen molar-refractivity contribution in [2.45, 2.75) is 232 Å². The maximum atomic E-state index is 12.8. The molecule has 1 atom stereocenters. The normalized spacial score (nSPS) is 13.4. The number of esters is 3. The monoisotopic (exact) mass is 1030 g/mol. The second-order valence-corrected chi connectivity index (χ2v) is 18.8. The summed E-state index contributed by atoms with van der Waals surface area (Å²) in [6, 6.07) is 0. The van der Waals surface area contributed by atoms with Crippen molar-refractivity contribution in [3.8, 4) is 0 Å². The van der Waals surface area contributed by atoms with E-state index in [1.807, 2.05) is 12.2 Å². The van der Waals surface area contributed by atoms with Gasteiger partial charge >= 0.3 is 17.9 Å². The van der Waals surface area contributed by atoms with E-state index in [9.17, 15) is 14.4 Å². The molecule has 0 saturated carbocycles. The molecule has 0 fully saturated rings. The van der Waals surface area contributed by atoms with Gasteiger partial charge < -0.3 is 14.2 Å². The Bertz CT molecular complexity index is 1750. The highest BCUT2D eigenvalue weighted by Crippen LogP contribution is 2.12. The Balaban J connectivity index is 4.42. The number of carbonyl (C=O) groups excluding carboxylic acids is 3. The van der Waals surface area contributed by atoms with Crippen molar-refractivity contribution in [2.24, 2.45) is 0 Å². The fourth-order valence-corrected chi connectivity index (χ4v) is 7.32. The topological polar surface area (TPSA) is 78.9 Å². The molecular formula is C69H106O6. The molecule has 0 aromatic heterocycles. The molecule has 0 heterocycles. The molecule has 6 heteroatoms. The van der Waals surface area contributed by atoms with Gasteiger partial charge in [0, 0.05) is 19.3 Å². The van der Waals surface area contributed by atoms with Crippen LogP contribution >= 0.6 is 0 Å². The summed E-state index contributed by atoms with van der Waals surface area (Å²) in [5.74, 6) is -1.07. The first-order valence-corrected chi connectivity index (χ1v) is 29.6. The van der Waals surface area contributed by atoms with E-state index >= 15 is 0 Å². The molecule has 0 radical (unpaired) electrons. The molecule has 0 aromatic rings. The van der Waals surface area contributed by atoms with E-state index in [2.05, 4.69) is 179 Å². The number of hydrogen-bond donors (Lipinski definition) is 0. The molecule has 6 nitrogen and oxygen atoms in total. The lowest BCUT2D eigenvalue weighted by atomic mass is 10.1. The molecule has 0 saturated heterocycles. The van der Waals surface area contributed by atoms with E-state index in [1.165, 1.54) is 38.5 Å². The summed E-state index contributed by atoms with van der Waals surface area (Å²) in [5, 5.41) is 0. The van der Waals surface area contributed by atoms with Gasteiger partial charge in [-0.3, -0.25) is 14.4 Å².